The molecule has 2 aromatic heterocycles. The van der Waals surface area contributed by atoms with Crippen molar-refractivity contribution in [1.29, 1.82) is 0 Å². The standard InChI is InChI=1S/C24H24N4OS/c1-27(2)16-19-12-10-18(11-13-19)15-25-24(29)21-17-28(20-7-4-3-5-8-20)26-23(21)22-9-6-14-30-22/h3-14,17H,15-16H2,1-2H3,(H,25,29). The number of aromatic nitrogens is 2. The Labute approximate surface area is 180 Å². The topological polar surface area (TPSA) is 50.2 Å². The third kappa shape index (κ3) is 4.67. The quantitative estimate of drug-likeness (QED) is 0.479. The summed E-state index contributed by atoms with van der Waals surface area (Å²) in [5.41, 5.74) is 4.52. The number of carbonyl (C=O) groups excluding carboxylic acids is 1. The summed E-state index contributed by atoms with van der Waals surface area (Å²) in [6.45, 7) is 1.37. The van der Waals surface area contributed by atoms with Crippen molar-refractivity contribution in [3.63, 3.8) is 0 Å². The van der Waals surface area contributed by atoms with E-state index in [4.69, 9.17) is 5.10 Å². The van der Waals surface area contributed by atoms with E-state index in [0.29, 0.717) is 17.8 Å². The Kier molecular flexibility index (Phi) is 6.07. The van der Waals surface area contributed by atoms with Gasteiger partial charge in [0.25, 0.3) is 5.91 Å². The number of carbonyl (C=O) groups is 1. The molecule has 6 heteroatoms. The van der Waals surface area contributed by atoms with Crippen molar-refractivity contribution in [2.45, 2.75) is 13.1 Å². The van der Waals surface area contributed by atoms with Gasteiger partial charge >= 0.3 is 0 Å². The summed E-state index contributed by atoms with van der Waals surface area (Å²) in [5, 5.41) is 9.74. The highest BCUT2D eigenvalue weighted by molar-refractivity contribution is 7.13. The summed E-state index contributed by atoms with van der Waals surface area (Å²) in [7, 11) is 4.10. The number of rotatable bonds is 7. The molecule has 30 heavy (non-hydrogen) atoms. The van der Waals surface area contributed by atoms with Crippen LogP contribution in [0.25, 0.3) is 16.3 Å². The maximum absolute atomic E-state index is 13.0. The summed E-state index contributed by atoms with van der Waals surface area (Å²) >= 11 is 1.58. The molecule has 0 bridgehead atoms. The van der Waals surface area contributed by atoms with Gasteiger partial charge in [0.2, 0.25) is 0 Å². The molecule has 2 aromatic carbocycles. The number of hydrogen-bond donors (Lipinski definition) is 1. The van der Waals surface area contributed by atoms with Crippen LogP contribution in [0.4, 0.5) is 0 Å². The Hall–Kier alpha value is -3.22. The summed E-state index contributed by atoms with van der Waals surface area (Å²) in [6, 6.07) is 22.1. The van der Waals surface area contributed by atoms with Crippen LogP contribution < -0.4 is 5.32 Å². The second kappa shape index (κ2) is 9.07. The van der Waals surface area contributed by atoms with E-state index in [-0.39, 0.29) is 5.91 Å². The number of amides is 1. The molecule has 0 aliphatic heterocycles. The van der Waals surface area contributed by atoms with Gasteiger partial charge in [0.15, 0.2) is 0 Å². The highest BCUT2D eigenvalue weighted by atomic mass is 32.1. The third-order valence-electron chi connectivity index (χ3n) is 4.71. The van der Waals surface area contributed by atoms with E-state index in [2.05, 4.69) is 48.6 Å². The molecule has 0 saturated carbocycles. The molecule has 1 N–H and O–H groups in total. The van der Waals surface area contributed by atoms with E-state index >= 15 is 0 Å². The molecule has 0 unspecified atom stereocenters. The van der Waals surface area contributed by atoms with E-state index in [1.54, 1.807) is 22.2 Å². The Morgan fingerprint density at radius 2 is 1.73 bits per heavy atom. The van der Waals surface area contributed by atoms with Crippen LogP contribution in [0.2, 0.25) is 0 Å². The molecule has 0 saturated heterocycles. The van der Waals surface area contributed by atoms with Crippen LogP contribution in [0.3, 0.4) is 0 Å². The first-order valence-corrected chi connectivity index (χ1v) is 10.7. The maximum Gasteiger partial charge on any atom is 0.255 e. The van der Waals surface area contributed by atoms with Gasteiger partial charge in [0, 0.05) is 19.3 Å². The minimum Gasteiger partial charge on any atom is -0.348 e. The van der Waals surface area contributed by atoms with Crippen molar-refractivity contribution in [3.8, 4) is 16.3 Å². The van der Waals surface area contributed by atoms with Crippen molar-refractivity contribution in [2.24, 2.45) is 0 Å². The first-order chi connectivity index (χ1) is 14.6. The number of thiophene rings is 1. The number of benzene rings is 2. The Balaban J connectivity index is 1.53. The normalized spacial score (nSPS) is 11.0. The molecule has 0 aliphatic carbocycles. The Bertz CT molecular complexity index is 1100. The first kappa shape index (κ1) is 20.1. The number of hydrogen-bond acceptors (Lipinski definition) is 4. The van der Waals surface area contributed by atoms with Crippen molar-refractivity contribution in [2.75, 3.05) is 14.1 Å². The van der Waals surface area contributed by atoms with Crippen LogP contribution in [-0.4, -0.2) is 34.7 Å². The van der Waals surface area contributed by atoms with Gasteiger partial charge in [-0.2, -0.15) is 5.10 Å². The Morgan fingerprint density at radius 1 is 1.00 bits per heavy atom. The molecule has 152 valence electrons. The molecule has 5 nitrogen and oxygen atoms in total. The molecule has 0 aliphatic rings. The average molecular weight is 417 g/mol. The van der Waals surface area contributed by atoms with Crippen LogP contribution in [0.1, 0.15) is 21.5 Å². The largest absolute Gasteiger partial charge is 0.348 e. The van der Waals surface area contributed by atoms with Crippen molar-refractivity contribution >= 4 is 17.2 Å². The lowest BCUT2D eigenvalue weighted by atomic mass is 10.1. The zero-order chi connectivity index (χ0) is 20.9. The first-order valence-electron chi connectivity index (χ1n) is 9.80. The van der Waals surface area contributed by atoms with E-state index < -0.39 is 0 Å². The molecule has 0 atom stereocenters. The highest BCUT2D eigenvalue weighted by Gasteiger charge is 2.19. The molecule has 4 aromatic rings. The van der Waals surface area contributed by atoms with Crippen LogP contribution in [0.5, 0.6) is 0 Å². The smallest absolute Gasteiger partial charge is 0.255 e. The zero-order valence-electron chi connectivity index (χ0n) is 17.1. The molecule has 0 fully saturated rings. The number of nitrogens with zero attached hydrogens (tertiary/aromatic N) is 3. The lowest BCUT2D eigenvalue weighted by Crippen LogP contribution is -2.23. The van der Waals surface area contributed by atoms with Gasteiger partial charge in [-0.1, -0.05) is 48.5 Å². The van der Waals surface area contributed by atoms with Gasteiger partial charge in [-0.25, -0.2) is 4.68 Å². The zero-order valence-corrected chi connectivity index (χ0v) is 17.9. The number of nitrogens with one attached hydrogen (secondary N) is 1. The molecule has 2 heterocycles. The Morgan fingerprint density at radius 3 is 2.40 bits per heavy atom. The lowest BCUT2D eigenvalue weighted by molar-refractivity contribution is 0.0951. The van der Waals surface area contributed by atoms with Crippen molar-refractivity contribution in [1.82, 2.24) is 20.0 Å². The summed E-state index contributed by atoms with van der Waals surface area (Å²) in [6.07, 6.45) is 1.81. The van der Waals surface area contributed by atoms with E-state index in [0.717, 1.165) is 22.7 Å². The van der Waals surface area contributed by atoms with E-state index in [1.807, 2.05) is 47.8 Å². The fraction of sp³-hybridized carbons (Fsp3) is 0.167. The van der Waals surface area contributed by atoms with Crippen molar-refractivity contribution in [3.05, 3.63) is 95.0 Å². The van der Waals surface area contributed by atoms with Crippen LogP contribution >= 0.6 is 11.3 Å². The minimum atomic E-state index is -0.127. The van der Waals surface area contributed by atoms with Crippen LogP contribution in [0.15, 0.2) is 78.3 Å². The molecular weight excluding hydrogens is 392 g/mol. The van der Waals surface area contributed by atoms with E-state index in [9.17, 15) is 4.79 Å². The molecule has 0 spiro atoms. The monoisotopic (exact) mass is 416 g/mol. The van der Waals surface area contributed by atoms with Gasteiger partial charge in [0.1, 0.15) is 5.69 Å². The molecule has 4 rings (SSSR count). The predicted molar refractivity (Wildman–Crippen MR) is 122 cm³/mol. The SMILES string of the molecule is CN(C)Cc1ccc(CNC(=O)c2cn(-c3ccccc3)nc2-c2cccs2)cc1. The minimum absolute atomic E-state index is 0.127. The lowest BCUT2D eigenvalue weighted by Gasteiger charge is -2.10. The van der Waals surface area contributed by atoms with Gasteiger partial charge in [0.05, 0.1) is 16.1 Å². The molecule has 1 amide bonds. The van der Waals surface area contributed by atoms with Gasteiger partial charge in [-0.15, -0.1) is 11.3 Å². The van der Waals surface area contributed by atoms with Gasteiger partial charge in [-0.05, 0) is 48.8 Å². The second-order valence-electron chi connectivity index (χ2n) is 7.39. The van der Waals surface area contributed by atoms with Crippen LogP contribution in [0, 0.1) is 0 Å². The molecule has 0 radical (unpaired) electrons. The average Bonchev–Trinajstić information content (AvgIpc) is 3.43. The van der Waals surface area contributed by atoms with E-state index in [1.165, 1.54) is 5.56 Å². The highest BCUT2D eigenvalue weighted by Crippen LogP contribution is 2.27. The van der Waals surface area contributed by atoms with Gasteiger partial charge < -0.3 is 10.2 Å². The summed E-state index contributed by atoms with van der Waals surface area (Å²) in [5.74, 6) is -0.127. The predicted octanol–water partition coefficient (Wildman–Crippen LogP) is 4.59. The molecular formula is C24H24N4OS. The summed E-state index contributed by atoms with van der Waals surface area (Å²) in [4.78, 5) is 16.1. The summed E-state index contributed by atoms with van der Waals surface area (Å²) < 4.78 is 1.76. The van der Waals surface area contributed by atoms with Crippen molar-refractivity contribution < 1.29 is 4.79 Å². The van der Waals surface area contributed by atoms with Crippen LogP contribution in [-0.2, 0) is 13.1 Å². The maximum atomic E-state index is 13.0. The fourth-order valence-corrected chi connectivity index (χ4v) is 3.98. The van der Waals surface area contributed by atoms with Gasteiger partial charge in [-0.3, -0.25) is 4.79 Å². The fourth-order valence-electron chi connectivity index (χ4n) is 3.25. The second-order valence-corrected chi connectivity index (χ2v) is 8.33. The number of para-hydroxylation sites is 1. The third-order valence-corrected chi connectivity index (χ3v) is 5.59.